The highest BCUT2D eigenvalue weighted by Gasteiger charge is 2.44. The molecular weight excluding hydrogens is 1990 g/mol. The van der Waals surface area contributed by atoms with Crippen LogP contribution >= 0.6 is 11.8 Å². The Bertz CT molecular complexity index is 5290. The number of nitrogens with two attached hydrogens (primary N) is 4. The molecule has 18 amide bonds. The standard InChI is InChI=1S/C95H134N22O32S/c1-5-51(4)81(93(147)117-38-14-21-68(117)91(145)110-60(29-34-78(130)131)83(137)107-59(28-33-77(128)129)84(138)113-65(42-54-22-24-55(118)25-23-54)88(142)112-63(39-50(2)3)86(140)111-62(94(148)149)26-31-70(97)120)115-85(139)61(30-35-79(132)133)108-82(136)58(27-32-76(126)127)109-87(141)64(41-53-17-10-7-11-18-53)114-89(143)66(43-80(134)135)105-74(124)47-103-72(122)45-101-71(121)44-102-73(123)46-104-75(125)49-150-48-69(119)57(19-12-36-100-95(98)99)106-90(144)67-20-13-37-116(67)92(146)56(96)40-52-15-8-6-9-16-52/h6-11,15-18,22-25,50-51,56-68,81,118H,5,12-14,19-21,26-49,96H2,1-4H3,(H2,97,120)(H,101,121)(H,102,123)(H,103,122)(H,104,125)(H,105,124)(H,106,144)(H,107,137)(H,108,136)(H,109,141)(H,110,145)(H,111,140)(H,112,142)(H,113,138)(H,114,143)(H,115,139)(H,126,127)(H,128,129)(H,130,131)(H,132,133)(H,134,135)(H,148,149)(H4,98,99,100)/t51-,56-,57+,58+,59+,60+,61+,62+,63+,64+,65+,66+,67+,68+,81+/m1/s1. The van der Waals surface area contributed by atoms with E-state index in [4.69, 9.17) is 22.9 Å². The second-order valence-corrected chi connectivity index (χ2v) is 37.1. The Hall–Kier alpha value is -16.0. The van der Waals surface area contributed by atoms with Gasteiger partial charge < -0.3 is 148 Å². The summed E-state index contributed by atoms with van der Waals surface area (Å²) < 4.78 is 0. The lowest BCUT2D eigenvalue weighted by atomic mass is 9.96. The van der Waals surface area contributed by atoms with E-state index in [0.29, 0.717) is 18.4 Å². The van der Waals surface area contributed by atoms with Crippen molar-refractivity contribution < 1.29 is 156 Å². The molecule has 150 heavy (non-hydrogen) atoms. The van der Waals surface area contributed by atoms with Crippen LogP contribution in [0.2, 0.25) is 0 Å². The first-order chi connectivity index (χ1) is 70.9. The van der Waals surface area contributed by atoms with Crippen LogP contribution in [0, 0.1) is 11.8 Å². The van der Waals surface area contributed by atoms with Crippen LogP contribution in [-0.2, 0) is 139 Å². The lowest BCUT2D eigenvalue weighted by molar-refractivity contribution is -0.144. The SMILES string of the molecule is CC[C@@H](C)[C@H](NC(=O)[C@H](CCC(=O)O)NC(=O)[C@H](CCC(=O)O)NC(=O)[C@H](Cc1ccccc1)NC(=O)[C@H](CC(=O)O)NC(=O)CNC(=O)CNC(=O)CNC(=O)CNC(=O)CSCC(=O)[C@H](CCCN=C(N)N)NC(=O)[C@@H]1CCCN1C(=O)[C@H](N)Cc1ccccc1)C(=O)N1CCC[C@H]1C(=O)N[C@@H](CCC(=O)O)C(=O)N[C@@H](CCC(=O)O)C(=O)N[C@@H](Cc1ccc(O)cc1)C(=O)N[C@@H](CC(C)C)C(=O)N[C@@H](CCC(N)=O)C(=O)O. The largest absolute Gasteiger partial charge is 0.508 e. The molecule has 2 saturated heterocycles. The quantitative estimate of drug-likeness (QED) is 0.0142. The average Bonchev–Trinajstić information content (AvgIpc) is 1.66. The van der Waals surface area contributed by atoms with Crippen molar-refractivity contribution in [2.45, 2.75) is 254 Å². The highest BCUT2D eigenvalue weighted by atomic mass is 32.2. The minimum absolute atomic E-state index is 0.0604. The molecule has 5 rings (SSSR count). The maximum absolute atomic E-state index is 15.0. The van der Waals surface area contributed by atoms with Crippen molar-refractivity contribution in [3.05, 3.63) is 102 Å². The fourth-order valence-electron chi connectivity index (χ4n) is 15.6. The predicted molar refractivity (Wildman–Crippen MR) is 530 cm³/mol. The number of carbonyl (C=O) groups excluding carboxylic acids is 19. The topological polar surface area (TPSA) is 872 Å². The van der Waals surface area contributed by atoms with Crippen LogP contribution in [0.5, 0.6) is 5.75 Å². The summed E-state index contributed by atoms with van der Waals surface area (Å²) in [4.78, 5) is 341. The number of aliphatic carboxylic acids is 6. The number of carbonyl (C=O) groups is 25. The van der Waals surface area contributed by atoms with E-state index < -0.39 is 348 Å². The Morgan fingerprint density at radius 2 is 0.767 bits per heavy atom. The number of aliphatic imine (C=N–C) groups is 1. The van der Waals surface area contributed by atoms with Gasteiger partial charge in [0.25, 0.3) is 0 Å². The number of carboxylic acids is 6. The third-order valence-corrected chi connectivity index (χ3v) is 24.6. The predicted octanol–water partition coefficient (Wildman–Crippen LogP) is -6.74. The second kappa shape index (κ2) is 64.2. The number of aromatic hydroxyl groups is 1. The molecule has 822 valence electrons. The molecule has 2 aliphatic heterocycles. The molecule has 0 aliphatic carbocycles. The van der Waals surface area contributed by atoms with Crippen molar-refractivity contribution in [3.63, 3.8) is 0 Å². The summed E-state index contributed by atoms with van der Waals surface area (Å²) in [6.07, 6.45) is -8.29. The number of ketones is 1. The van der Waals surface area contributed by atoms with E-state index in [1.165, 1.54) is 60.4 Å². The van der Waals surface area contributed by atoms with Gasteiger partial charge in [-0.1, -0.05) is 107 Å². The van der Waals surface area contributed by atoms with E-state index in [1.807, 2.05) is 18.2 Å². The number of primary amides is 1. The van der Waals surface area contributed by atoms with E-state index in [0.717, 1.165) is 22.2 Å². The molecule has 2 fully saturated rings. The molecule has 15 atom stereocenters. The Balaban J connectivity index is 1.23. The molecule has 0 bridgehead atoms. The summed E-state index contributed by atoms with van der Waals surface area (Å²) in [6, 6.07) is -1.00. The van der Waals surface area contributed by atoms with E-state index in [2.05, 4.69) is 84.7 Å². The summed E-state index contributed by atoms with van der Waals surface area (Å²) in [5.41, 5.74) is 23.8. The van der Waals surface area contributed by atoms with Gasteiger partial charge in [0, 0.05) is 64.6 Å². The number of carboxylic acid groups (broad SMARTS) is 6. The highest BCUT2D eigenvalue weighted by molar-refractivity contribution is 8.00. The van der Waals surface area contributed by atoms with Crippen molar-refractivity contribution in [2.24, 2.45) is 39.8 Å². The molecular formula is C95H134N22O32S. The van der Waals surface area contributed by atoms with Crippen LogP contribution in [0.15, 0.2) is 89.9 Å². The van der Waals surface area contributed by atoms with Gasteiger partial charge in [-0.25, -0.2) is 4.79 Å². The number of rotatable bonds is 68. The Labute approximate surface area is 864 Å². The van der Waals surface area contributed by atoms with Crippen LogP contribution in [0.1, 0.15) is 166 Å². The monoisotopic (exact) mass is 2130 g/mol. The summed E-state index contributed by atoms with van der Waals surface area (Å²) in [5, 5.41) is 104. The molecule has 0 unspecified atom stereocenters. The van der Waals surface area contributed by atoms with Crippen molar-refractivity contribution in [1.29, 1.82) is 0 Å². The summed E-state index contributed by atoms with van der Waals surface area (Å²) >= 11 is 0.859. The number of hydrogen-bond donors (Lipinski definition) is 26. The van der Waals surface area contributed by atoms with Crippen LogP contribution in [0.4, 0.5) is 0 Å². The minimum atomic E-state index is -2.06. The van der Waals surface area contributed by atoms with Gasteiger partial charge in [-0.3, -0.25) is 120 Å². The third kappa shape index (κ3) is 46.0. The maximum atomic E-state index is 15.0. The lowest BCUT2D eigenvalue weighted by Gasteiger charge is -2.33. The van der Waals surface area contributed by atoms with Gasteiger partial charge in [-0.05, 0) is 124 Å². The average molecular weight is 2130 g/mol. The van der Waals surface area contributed by atoms with Gasteiger partial charge in [0.1, 0.15) is 78.3 Å². The number of phenolic OH excluding ortho intramolecular Hbond substituents is 1. The molecule has 2 heterocycles. The van der Waals surface area contributed by atoms with Crippen LogP contribution in [-0.4, -0.2) is 341 Å². The Morgan fingerprint density at radius 1 is 0.393 bits per heavy atom. The number of Topliss-reactive ketones (excluding diaryl/α,β-unsaturated/α-hetero) is 1. The lowest BCUT2D eigenvalue weighted by Crippen LogP contribution is -2.61. The fourth-order valence-corrected chi connectivity index (χ4v) is 16.4. The highest BCUT2D eigenvalue weighted by Crippen LogP contribution is 2.25. The number of hydrogen-bond acceptors (Lipinski definition) is 29. The first-order valence-corrected chi connectivity index (χ1v) is 49.5. The third-order valence-electron chi connectivity index (χ3n) is 23.7. The van der Waals surface area contributed by atoms with Crippen molar-refractivity contribution in [3.8, 4) is 5.75 Å². The zero-order valence-corrected chi connectivity index (χ0v) is 84.0. The van der Waals surface area contributed by atoms with Crippen molar-refractivity contribution in [1.82, 2.24) is 89.6 Å². The normalized spacial score (nSPS) is 15.6. The van der Waals surface area contributed by atoms with Crippen LogP contribution in [0.3, 0.4) is 0 Å². The molecule has 30 N–H and O–H groups in total. The summed E-state index contributed by atoms with van der Waals surface area (Å²) in [5.74, 6) is -30.9. The zero-order valence-electron chi connectivity index (χ0n) is 83.1. The van der Waals surface area contributed by atoms with Gasteiger partial charge in [-0.15, -0.1) is 11.8 Å². The first kappa shape index (κ1) is 124. The van der Waals surface area contributed by atoms with E-state index in [9.17, 15) is 151 Å². The van der Waals surface area contributed by atoms with Gasteiger partial charge in [0.05, 0.1) is 56.2 Å². The van der Waals surface area contributed by atoms with Crippen molar-refractivity contribution >= 4 is 166 Å². The molecule has 0 spiro atoms. The van der Waals surface area contributed by atoms with Crippen LogP contribution in [0.25, 0.3) is 0 Å². The van der Waals surface area contributed by atoms with E-state index in [-0.39, 0.29) is 99.3 Å². The fraction of sp³-hybridized carbons (Fsp3) is 0.537. The van der Waals surface area contributed by atoms with Gasteiger partial charge in [0.15, 0.2) is 11.7 Å². The number of nitrogens with one attached hydrogen (secondary N) is 15. The molecule has 3 aromatic rings. The Kier molecular flexibility index (Phi) is 53.3. The smallest absolute Gasteiger partial charge is 0.326 e. The summed E-state index contributed by atoms with van der Waals surface area (Å²) in [7, 11) is 0. The van der Waals surface area contributed by atoms with E-state index >= 15 is 4.79 Å². The molecule has 2 aliphatic rings. The van der Waals surface area contributed by atoms with Gasteiger partial charge >= 0.3 is 35.8 Å². The first-order valence-electron chi connectivity index (χ1n) is 48.3. The zero-order chi connectivity index (χ0) is 112. The molecule has 0 aromatic heterocycles. The summed E-state index contributed by atoms with van der Waals surface area (Å²) in [6.45, 7) is 3.29. The van der Waals surface area contributed by atoms with Gasteiger partial charge in [-0.2, -0.15) is 0 Å². The minimum Gasteiger partial charge on any atom is -0.508 e. The van der Waals surface area contributed by atoms with Crippen molar-refractivity contribution in [2.75, 3.05) is 57.3 Å². The maximum Gasteiger partial charge on any atom is 0.326 e. The second-order valence-electron chi connectivity index (χ2n) is 36.1. The number of phenols is 1. The van der Waals surface area contributed by atoms with E-state index in [1.54, 1.807) is 39.0 Å². The number of benzene rings is 3. The van der Waals surface area contributed by atoms with Gasteiger partial charge in [0.2, 0.25) is 106 Å². The number of thioether (sulfide) groups is 1. The number of nitrogens with zero attached hydrogens (tertiary/aromatic N) is 3. The molecule has 0 radical (unpaired) electrons. The molecule has 54 nitrogen and oxygen atoms in total. The molecule has 55 heteroatoms. The number of likely N-dealkylation sites (tertiary alicyclic amines) is 2. The molecule has 0 saturated carbocycles. The van der Waals surface area contributed by atoms with Crippen LogP contribution < -0.4 is 103 Å². The molecule has 3 aromatic carbocycles. The Morgan fingerprint density at radius 3 is 1.19 bits per heavy atom. The number of guanidine groups is 1. The number of amides is 18.